The smallest absolute Gasteiger partial charge is 0.379 e. The van der Waals surface area contributed by atoms with E-state index in [1.807, 2.05) is 12.5 Å². The van der Waals surface area contributed by atoms with Gasteiger partial charge >= 0.3 is 5.97 Å². The predicted octanol–water partition coefficient (Wildman–Crippen LogP) is -0.00350. The van der Waals surface area contributed by atoms with E-state index in [1.165, 1.54) is 0 Å². The zero-order valence-corrected chi connectivity index (χ0v) is 7.86. The second-order valence-corrected chi connectivity index (χ2v) is 4.53. The first kappa shape index (κ1) is 10.5. The summed E-state index contributed by atoms with van der Waals surface area (Å²) >= 11 is 0. The average Bonchev–Trinajstić information content (AvgIpc) is 1.86. The van der Waals surface area contributed by atoms with Gasteiger partial charge in [0.1, 0.15) is 0 Å². The molecule has 0 unspecified atom stereocenters. The summed E-state index contributed by atoms with van der Waals surface area (Å²) in [6.07, 6.45) is 3.83. The van der Waals surface area contributed by atoms with Gasteiger partial charge in [-0.3, -0.25) is 4.79 Å². The Morgan fingerprint density at radius 1 is 1.36 bits per heavy atom. The lowest BCUT2D eigenvalue weighted by Gasteiger charge is -1.97. The summed E-state index contributed by atoms with van der Waals surface area (Å²) < 4.78 is 4.52. The van der Waals surface area contributed by atoms with E-state index < -0.39 is 11.8 Å². The molecule has 0 aromatic heterocycles. The molecule has 0 amide bonds. The molecule has 0 fully saturated rings. The van der Waals surface area contributed by atoms with Crippen molar-refractivity contribution in [3.05, 3.63) is 0 Å². The highest BCUT2D eigenvalue weighted by atomic mass is 32.2. The summed E-state index contributed by atoms with van der Waals surface area (Å²) in [6.45, 7) is 1.95. The largest absolute Gasteiger partial charge is 0.460 e. The second kappa shape index (κ2) is 5.18. The van der Waals surface area contributed by atoms with Crippen LogP contribution in [0.4, 0.5) is 0 Å². The standard InChI is InChI=1S/C7H13O3S/c1-4-10-7(9)6(8)5-11(2)3/h4-5H2,1-3H3/q+1. The summed E-state index contributed by atoms with van der Waals surface area (Å²) in [6, 6.07) is 0. The first-order chi connectivity index (χ1) is 5.07. The SMILES string of the molecule is CCOC(=O)C(=O)C[S+](C)C. The number of carbonyl (C=O) groups excluding carboxylic acids is 2. The molecular formula is C7H13O3S+. The van der Waals surface area contributed by atoms with Crippen LogP contribution in [0.25, 0.3) is 0 Å². The molecule has 0 aliphatic carbocycles. The predicted molar refractivity (Wildman–Crippen MR) is 45.7 cm³/mol. The van der Waals surface area contributed by atoms with Gasteiger partial charge in [0.05, 0.1) is 19.1 Å². The van der Waals surface area contributed by atoms with Gasteiger partial charge in [0.25, 0.3) is 5.78 Å². The van der Waals surface area contributed by atoms with E-state index in [4.69, 9.17) is 0 Å². The molecule has 0 N–H and O–H groups in total. The Balaban J connectivity index is 3.74. The van der Waals surface area contributed by atoms with Gasteiger partial charge in [0, 0.05) is 0 Å². The van der Waals surface area contributed by atoms with Gasteiger partial charge in [-0.15, -0.1) is 0 Å². The van der Waals surface area contributed by atoms with Crippen LogP contribution in [0, 0.1) is 0 Å². The van der Waals surface area contributed by atoms with Gasteiger partial charge < -0.3 is 4.74 Å². The van der Waals surface area contributed by atoms with E-state index in [0.717, 1.165) is 0 Å². The van der Waals surface area contributed by atoms with E-state index in [1.54, 1.807) is 6.92 Å². The molecule has 0 heterocycles. The molecule has 0 aliphatic rings. The third kappa shape index (κ3) is 4.84. The van der Waals surface area contributed by atoms with Crippen molar-refractivity contribution in [3.8, 4) is 0 Å². The fraction of sp³-hybridized carbons (Fsp3) is 0.714. The molecule has 0 rings (SSSR count). The van der Waals surface area contributed by atoms with Crippen LogP contribution in [-0.2, 0) is 25.2 Å². The Morgan fingerprint density at radius 3 is 2.27 bits per heavy atom. The maximum atomic E-state index is 10.9. The molecule has 0 bridgehead atoms. The van der Waals surface area contributed by atoms with E-state index >= 15 is 0 Å². The topological polar surface area (TPSA) is 43.4 Å². The van der Waals surface area contributed by atoms with Crippen LogP contribution >= 0.6 is 0 Å². The fourth-order valence-electron chi connectivity index (χ4n) is 0.533. The Morgan fingerprint density at radius 2 is 1.91 bits per heavy atom. The molecular weight excluding hydrogens is 164 g/mol. The van der Waals surface area contributed by atoms with E-state index in [9.17, 15) is 9.59 Å². The minimum atomic E-state index is -0.700. The lowest BCUT2D eigenvalue weighted by molar-refractivity contribution is -0.152. The fourth-order valence-corrected chi connectivity index (χ4v) is 1.17. The van der Waals surface area contributed by atoms with Crippen molar-refractivity contribution < 1.29 is 14.3 Å². The summed E-state index contributed by atoms with van der Waals surface area (Å²) in [7, 11) is -0.0202. The van der Waals surface area contributed by atoms with Crippen molar-refractivity contribution in [2.45, 2.75) is 6.92 Å². The zero-order valence-electron chi connectivity index (χ0n) is 7.05. The zero-order chi connectivity index (χ0) is 8.85. The van der Waals surface area contributed by atoms with Gasteiger partial charge in [0.2, 0.25) is 0 Å². The first-order valence-corrected chi connectivity index (χ1v) is 5.53. The number of carbonyl (C=O) groups is 2. The molecule has 0 spiro atoms. The van der Waals surface area contributed by atoms with Crippen LogP contribution in [0.1, 0.15) is 6.92 Å². The molecule has 0 aromatic rings. The van der Waals surface area contributed by atoms with Crippen molar-refractivity contribution >= 4 is 22.6 Å². The summed E-state index contributed by atoms with van der Waals surface area (Å²) in [5, 5.41) is 0. The molecule has 0 aromatic carbocycles. The van der Waals surface area contributed by atoms with E-state index in [2.05, 4.69) is 4.74 Å². The lowest BCUT2D eigenvalue weighted by atomic mass is 10.5. The maximum absolute atomic E-state index is 10.9. The Kier molecular flexibility index (Phi) is 4.94. The van der Waals surface area contributed by atoms with Crippen LogP contribution in [0.5, 0.6) is 0 Å². The van der Waals surface area contributed by atoms with Crippen LogP contribution in [-0.4, -0.2) is 36.6 Å². The minimum absolute atomic E-state index is 0.0202. The molecule has 0 saturated heterocycles. The molecule has 4 heteroatoms. The van der Waals surface area contributed by atoms with Gasteiger partial charge in [0.15, 0.2) is 5.75 Å². The lowest BCUT2D eigenvalue weighted by Crippen LogP contribution is -2.24. The van der Waals surface area contributed by atoms with Gasteiger partial charge in [-0.05, 0) is 17.8 Å². The van der Waals surface area contributed by atoms with E-state index in [0.29, 0.717) is 5.75 Å². The molecule has 3 nitrogen and oxygen atoms in total. The Labute approximate surface area is 69.5 Å². The van der Waals surface area contributed by atoms with E-state index in [-0.39, 0.29) is 17.5 Å². The number of ketones is 1. The van der Waals surface area contributed by atoms with Crippen molar-refractivity contribution in [1.82, 2.24) is 0 Å². The second-order valence-electron chi connectivity index (χ2n) is 2.27. The highest BCUT2D eigenvalue weighted by molar-refractivity contribution is 7.96. The van der Waals surface area contributed by atoms with Crippen LogP contribution in [0.3, 0.4) is 0 Å². The van der Waals surface area contributed by atoms with Crippen LogP contribution < -0.4 is 0 Å². The molecule has 64 valence electrons. The normalized spacial score (nSPS) is 9.82. The number of Topliss-reactive ketones (excluding diaryl/α,β-unsaturated/α-hetero) is 1. The van der Waals surface area contributed by atoms with Gasteiger partial charge in [-0.25, -0.2) is 4.79 Å². The summed E-state index contributed by atoms with van der Waals surface area (Å²) in [5.74, 6) is -0.812. The third-order valence-electron chi connectivity index (χ3n) is 0.923. The Bertz CT molecular complexity index is 154. The molecule has 11 heavy (non-hydrogen) atoms. The number of esters is 1. The van der Waals surface area contributed by atoms with Crippen molar-refractivity contribution in [2.24, 2.45) is 0 Å². The Hall–Kier alpha value is -0.510. The molecule has 0 radical (unpaired) electrons. The minimum Gasteiger partial charge on any atom is -0.460 e. The maximum Gasteiger partial charge on any atom is 0.379 e. The first-order valence-electron chi connectivity index (χ1n) is 3.32. The van der Waals surface area contributed by atoms with Crippen LogP contribution in [0.2, 0.25) is 0 Å². The number of ether oxygens (including phenoxy) is 1. The number of hydrogen-bond acceptors (Lipinski definition) is 3. The highest BCUT2D eigenvalue weighted by Crippen LogP contribution is 1.88. The monoisotopic (exact) mass is 177 g/mol. The van der Waals surface area contributed by atoms with Crippen LogP contribution in [0.15, 0.2) is 0 Å². The number of rotatable bonds is 4. The van der Waals surface area contributed by atoms with Crippen molar-refractivity contribution in [3.63, 3.8) is 0 Å². The summed E-state index contributed by atoms with van der Waals surface area (Å²) in [5.41, 5.74) is 0. The van der Waals surface area contributed by atoms with Gasteiger partial charge in [-0.1, -0.05) is 0 Å². The third-order valence-corrected chi connectivity index (χ3v) is 1.76. The van der Waals surface area contributed by atoms with Crippen molar-refractivity contribution in [2.75, 3.05) is 24.9 Å². The molecule has 0 saturated carbocycles. The highest BCUT2D eigenvalue weighted by Gasteiger charge is 2.20. The van der Waals surface area contributed by atoms with Crippen molar-refractivity contribution in [1.29, 1.82) is 0 Å². The molecule has 0 aliphatic heterocycles. The van der Waals surface area contributed by atoms with Gasteiger partial charge in [-0.2, -0.15) is 0 Å². The average molecular weight is 177 g/mol. The molecule has 0 atom stereocenters. The number of hydrogen-bond donors (Lipinski definition) is 0. The quantitative estimate of drug-likeness (QED) is 0.345. The summed E-state index contributed by atoms with van der Waals surface area (Å²) in [4.78, 5) is 21.6.